The Kier molecular flexibility index (Phi) is 3.46. The summed E-state index contributed by atoms with van der Waals surface area (Å²) in [5.74, 6) is 0.733. The maximum atomic E-state index is 5.50. The molecule has 1 aromatic heterocycles. The highest BCUT2D eigenvalue weighted by atomic mass is 16.5. The van der Waals surface area contributed by atoms with Gasteiger partial charge in [0.1, 0.15) is 5.75 Å². The molecule has 82 valence electrons. The van der Waals surface area contributed by atoms with E-state index in [4.69, 9.17) is 10.5 Å². The molecule has 0 saturated carbocycles. The molecule has 2 N–H and O–H groups in total. The molecule has 4 heteroatoms. The quantitative estimate of drug-likeness (QED) is 0.844. The van der Waals surface area contributed by atoms with Crippen LogP contribution in [-0.2, 0) is 6.42 Å². The molecule has 4 nitrogen and oxygen atoms in total. The number of ether oxygens (including phenoxy) is 1. The van der Waals surface area contributed by atoms with Crippen LogP contribution < -0.4 is 10.5 Å². The van der Waals surface area contributed by atoms with Gasteiger partial charge in [0.05, 0.1) is 0 Å². The molecule has 0 fully saturated rings. The third kappa shape index (κ3) is 2.77. The Balaban J connectivity index is 2.12. The number of nitrogens with two attached hydrogens (primary N) is 1. The molecular weight excluding hydrogens is 202 g/mol. The first-order valence-electron chi connectivity index (χ1n) is 5.12. The van der Waals surface area contributed by atoms with Crippen molar-refractivity contribution < 1.29 is 4.74 Å². The van der Waals surface area contributed by atoms with Crippen molar-refractivity contribution in [1.82, 2.24) is 9.97 Å². The Morgan fingerprint density at radius 2 is 1.94 bits per heavy atom. The highest BCUT2D eigenvalue weighted by Gasteiger charge is 1.99. The van der Waals surface area contributed by atoms with E-state index in [1.54, 1.807) is 18.5 Å². The molecule has 0 aliphatic carbocycles. The van der Waals surface area contributed by atoms with Crippen LogP contribution in [0, 0.1) is 0 Å². The summed E-state index contributed by atoms with van der Waals surface area (Å²) in [5, 5.41) is 0. The van der Waals surface area contributed by atoms with Gasteiger partial charge in [0.2, 0.25) is 0 Å². The summed E-state index contributed by atoms with van der Waals surface area (Å²) >= 11 is 0. The lowest BCUT2D eigenvalue weighted by Crippen LogP contribution is -2.02. The first-order chi connectivity index (χ1) is 7.88. The fourth-order valence-corrected chi connectivity index (χ4v) is 1.37. The van der Waals surface area contributed by atoms with Crippen LogP contribution in [0.15, 0.2) is 42.7 Å². The van der Waals surface area contributed by atoms with E-state index in [0.717, 1.165) is 17.7 Å². The molecule has 0 spiro atoms. The van der Waals surface area contributed by atoms with E-state index in [9.17, 15) is 0 Å². The number of benzene rings is 1. The van der Waals surface area contributed by atoms with Gasteiger partial charge in [-0.2, -0.15) is 0 Å². The van der Waals surface area contributed by atoms with Gasteiger partial charge in [-0.25, -0.2) is 9.97 Å². The van der Waals surface area contributed by atoms with Crippen LogP contribution in [0.25, 0.3) is 0 Å². The predicted octanol–water partition coefficient (Wildman–Crippen LogP) is 1.77. The molecule has 0 bridgehead atoms. The third-order valence-electron chi connectivity index (χ3n) is 2.08. The zero-order chi connectivity index (χ0) is 11.2. The van der Waals surface area contributed by atoms with Gasteiger partial charge >= 0.3 is 6.01 Å². The minimum absolute atomic E-state index is 0.354. The monoisotopic (exact) mass is 215 g/mol. The lowest BCUT2D eigenvalue weighted by Gasteiger charge is -2.04. The summed E-state index contributed by atoms with van der Waals surface area (Å²) in [5.41, 5.74) is 6.65. The standard InChI is InChI=1S/C12H13N3O/c13-6-5-10-3-1-4-11(9-10)16-12-14-7-2-8-15-12/h1-4,7-9H,5-6,13H2. The van der Waals surface area contributed by atoms with Crippen molar-refractivity contribution in [3.8, 4) is 11.8 Å². The molecule has 0 unspecified atom stereocenters. The topological polar surface area (TPSA) is 61.0 Å². The zero-order valence-electron chi connectivity index (χ0n) is 8.84. The molecule has 0 amide bonds. The van der Waals surface area contributed by atoms with Crippen molar-refractivity contribution in [2.75, 3.05) is 6.54 Å². The molecule has 0 aliphatic heterocycles. The first kappa shape index (κ1) is 10.6. The van der Waals surface area contributed by atoms with E-state index >= 15 is 0 Å². The minimum Gasteiger partial charge on any atom is -0.424 e. The Morgan fingerprint density at radius 1 is 1.12 bits per heavy atom. The average molecular weight is 215 g/mol. The number of rotatable bonds is 4. The smallest absolute Gasteiger partial charge is 0.321 e. The largest absolute Gasteiger partial charge is 0.424 e. The van der Waals surface area contributed by atoms with Gasteiger partial charge in [-0.3, -0.25) is 0 Å². The maximum Gasteiger partial charge on any atom is 0.321 e. The van der Waals surface area contributed by atoms with Crippen LogP contribution in [0.3, 0.4) is 0 Å². The minimum atomic E-state index is 0.354. The number of hydrogen-bond donors (Lipinski definition) is 1. The molecule has 1 heterocycles. The Labute approximate surface area is 94.1 Å². The van der Waals surface area contributed by atoms with E-state index in [0.29, 0.717) is 12.6 Å². The lowest BCUT2D eigenvalue weighted by molar-refractivity contribution is 0.441. The van der Waals surface area contributed by atoms with Crippen molar-refractivity contribution in [2.45, 2.75) is 6.42 Å². The SMILES string of the molecule is NCCc1cccc(Oc2ncccn2)c1. The molecule has 1 aromatic carbocycles. The van der Waals surface area contributed by atoms with Crippen LogP contribution in [0.2, 0.25) is 0 Å². The maximum absolute atomic E-state index is 5.50. The number of aromatic nitrogens is 2. The Hall–Kier alpha value is -1.94. The molecule has 0 aliphatic rings. The van der Waals surface area contributed by atoms with Crippen LogP contribution >= 0.6 is 0 Å². The highest BCUT2D eigenvalue weighted by molar-refractivity contribution is 5.30. The van der Waals surface area contributed by atoms with Gasteiger partial charge in [-0.1, -0.05) is 12.1 Å². The molecular formula is C12H13N3O. The second kappa shape index (κ2) is 5.23. The summed E-state index contributed by atoms with van der Waals surface area (Å²) in [6, 6.07) is 9.87. The lowest BCUT2D eigenvalue weighted by atomic mass is 10.1. The normalized spacial score (nSPS) is 10.1. The number of hydrogen-bond acceptors (Lipinski definition) is 4. The average Bonchev–Trinajstić information content (AvgIpc) is 2.31. The van der Waals surface area contributed by atoms with E-state index < -0.39 is 0 Å². The summed E-state index contributed by atoms with van der Waals surface area (Å²) in [6.07, 6.45) is 4.13. The van der Waals surface area contributed by atoms with Crippen LogP contribution in [0.1, 0.15) is 5.56 Å². The van der Waals surface area contributed by atoms with Gasteiger partial charge in [0.15, 0.2) is 0 Å². The highest BCUT2D eigenvalue weighted by Crippen LogP contribution is 2.18. The van der Waals surface area contributed by atoms with Crippen molar-refractivity contribution in [1.29, 1.82) is 0 Å². The van der Waals surface area contributed by atoms with E-state index in [1.807, 2.05) is 24.3 Å². The summed E-state index contributed by atoms with van der Waals surface area (Å²) in [4.78, 5) is 7.98. The van der Waals surface area contributed by atoms with Gasteiger partial charge in [0, 0.05) is 12.4 Å². The fourth-order valence-electron chi connectivity index (χ4n) is 1.37. The van der Waals surface area contributed by atoms with Gasteiger partial charge in [-0.15, -0.1) is 0 Å². The zero-order valence-corrected chi connectivity index (χ0v) is 8.84. The number of nitrogens with zero attached hydrogens (tertiary/aromatic N) is 2. The molecule has 0 atom stereocenters. The summed E-state index contributed by atoms with van der Waals surface area (Å²) in [6.45, 7) is 0.630. The molecule has 0 saturated heterocycles. The van der Waals surface area contributed by atoms with Crippen molar-refractivity contribution in [2.24, 2.45) is 5.73 Å². The molecule has 16 heavy (non-hydrogen) atoms. The van der Waals surface area contributed by atoms with Crippen LogP contribution in [0.4, 0.5) is 0 Å². The van der Waals surface area contributed by atoms with Crippen molar-refractivity contribution in [3.05, 3.63) is 48.3 Å². The first-order valence-corrected chi connectivity index (χ1v) is 5.12. The van der Waals surface area contributed by atoms with E-state index in [1.165, 1.54) is 0 Å². The van der Waals surface area contributed by atoms with Gasteiger partial charge < -0.3 is 10.5 Å². The Morgan fingerprint density at radius 3 is 2.69 bits per heavy atom. The summed E-state index contributed by atoms with van der Waals surface area (Å²) in [7, 11) is 0. The molecule has 0 radical (unpaired) electrons. The second-order valence-corrected chi connectivity index (χ2v) is 3.32. The van der Waals surface area contributed by atoms with E-state index in [2.05, 4.69) is 9.97 Å². The predicted molar refractivity (Wildman–Crippen MR) is 61.3 cm³/mol. The Bertz CT molecular complexity index is 445. The van der Waals surface area contributed by atoms with Crippen LogP contribution in [-0.4, -0.2) is 16.5 Å². The summed E-state index contributed by atoms with van der Waals surface area (Å²) < 4.78 is 5.50. The van der Waals surface area contributed by atoms with Crippen molar-refractivity contribution in [3.63, 3.8) is 0 Å². The van der Waals surface area contributed by atoms with Gasteiger partial charge in [-0.05, 0) is 36.7 Å². The molecule has 2 rings (SSSR count). The van der Waals surface area contributed by atoms with Crippen molar-refractivity contribution >= 4 is 0 Å². The molecule has 2 aromatic rings. The second-order valence-electron chi connectivity index (χ2n) is 3.32. The van der Waals surface area contributed by atoms with Gasteiger partial charge in [0.25, 0.3) is 0 Å². The third-order valence-corrected chi connectivity index (χ3v) is 2.08. The van der Waals surface area contributed by atoms with E-state index in [-0.39, 0.29) is 0 Å². The fraction of sp³-hybridized carbons (Fsp3) is 0.167. The van der Waals surface area contributed by atoms with Crippen LogP contribution in [0.5, 0.6) is 11.8 Å².